The van der Waals surface area contributed by atoms with Crippen molar-refractivity contribution in [3.05, 3.63) is 29.3 Å². The predicted octanol–water partition coefficient (Wildman–Crippen LogP) is 2.00. The molecular weight excluding hydrogens is 266 g/mol. The van der Waals surface area contributed by atoms with Crippen molar-refractivity contribution in [1.82, 2.24) is 5.32 Å². The molecule has 5 heteroatoms. The number of hydrogen-bond donors (Lipinski definition) is 2. The summed E-state index contributed by atoms with van der Waals surface area (Å²) in [5.41, 5.74) is 0. The maximum absolute atomic E-state index is 11.6. The highest BCUT2D eigenvalue weighted by atomic mass is 35.5. The quantitative estimate of drug-likeness (QED) is 0.869. The van der Waals surface area contributed by atoms with Crippen molar-refractivity contribution in [2.24, 2.45) is 5.92 Å². The van der Waals surface area contributed by atoms with Gasteiger partial charge in [0.25, 0.3) is 5.91 Å². The number of hydrogen-bond acceptors (Lipinski definition) is 3. The topological polar surface area (TPSA) is 58.6 Å². The summed E-state index contributed by atoms with van der Waals surface area (Å²) in [7, 11) is 0. The van der Waals surface area contributed by atoms with Gasteiger partial charge in [0.2, 0.25) is 0 Å². The van der Waals surface area contributed by atoms with Crippen molar-refractivity contribution in [3.8, 4) is 5.75 Å². The van der Waals surface area contributed by atoms with Gasteiger partial charge in [-0.3, -0.25) is 4.79 Å². The molecule has 0 radical (unpaired) electrons. The second kappa shape index (κ2) is 6.78. The van der Waals surface area contributed by atoms with E-state index in [4.69, 9.17) is 16.3 Å². The van der Waals surface area contributed by atoms with Crippen LogP contribution in [-0.4, -0.2) is 30.3 Å². The fourth-order valence-electron chi connectivity index (χ4n) is 2.26. The van der Waals surface area contributed by atoms with Gasteiger partial charge in [0, 0.05) is 17.5 Å². The molecule has 0 spiro atoms. The van der Waals surface area contributed by atoms with Gasteiger partial charge in [-0.15, -0.1) is 0 Å². The molecule has 2 unspecified atom stereocenters. The lowest BCUT2D eigenvalue weighted by atomic mass is 10.1. The fraction of sp³-hybridized carbons (Fsp3) is 0.500. The highest BCUT2D eigenvalue weighted by Gasteiger charge is 2.25. The molecule has 0 bridgehead atoms. The molecule has 1 aliphatic rings. The first-order valence-electron chi connectivity index (χ1n) is 6.48. The number of halogens is 1. The largest absolute Gasteiger partial charge is 0.484 e. The second-order valence-corrected chi connectivity index (χ2v) is 5.24. The highest BCUT2D eigenvalue weighted by Crippen LogP contribution is 2.24. The van der Waals surface area contributed by atoms with Crippen LogP contribution in [0.15, 0.2) is 24.3 Å². The van der Waals surface area contributed by atoms with E-state index in [0.717, 1.165) is 19.3 Å². The van der Waals surface area contributed by atoms with Crippen molar-refractivity contribution in [3.63, 3.8) is 0 Å². The average molecular weight is 284 g/mol. The average Bonchev–Trinajstić information content (AvgIpc) is 2.80. The number of amides is 1. The molecule has 2 N–H and O–H groups in total. The third kappa shape index (κ3) is 4.40. The van der Waals surface area contributed by atoms with Crippen molar-refractivity contribution in [2.75, 3.05) is 13.2 Å². The lowest BCUT2D eigenvalue weighted by Crippen LogP contribution is -2.35. The predicted molar refractivity (Wildman–Crippen MR) is 73.3 cm³/mol. The lowest BCUT2D eigenvalue weighted by Gasteiger charge is -2.15. The maximum atomic E-state index is 11.6. The van der Waals surface area contributed by atoms with Crippen LogP contribution >= 0.6 is 11.6 Å². The third-order valence-electron chi connectivity index (χ3n) is 3.35. The van der Waals surface area contributed by atoms with Crippen LogP contribution in [0.1, 0.15) is 19.3 Å². The van der Waals surface area contributed by atoms with Crippen molar-refractivity contribution >= 4 is 17.5 Å². The van der Waals surface area contributed by atoms with Crippen LogP contribution < -0.4 is 10.1 Å². The number of aliphatic hydroxyl groups excluding tert-OH is 1. The first kappa shape index (κ1) is 14.2. The maximum Gasteiger partial charge on any atom is 0.257 e. The van der Waals surface area contributed by atoms with E-state index >= 15 is 0 Å². The van der Waals surface area contributed by atoms with Crippen LogP contribution in [0.2, 0.25) is 5.02 Å². The summed E-state index contributed by atoms with van der Waals surface area (Å²) in [6.45, 7) is 0.474. The van der Waals surface area contributed by atoms with Crippen LogP contribution in [0.3, 0.4) is 0 Å². The van der Waals surface area contributed by atoms with E-state index in [0.29, 0.717) is 17.3 Å². The van der Waals surface area contributed by atoms with Crippen LogP contribution in [0.25, 0.3) is 0 Å². The van der Waals surface area contributed by atoms with Crippen LogP contribution in [0, 0.1) is 5.92 Å². The number of rotatable bonds is 5. The Bertz CT molecular complexity index is 438. The van der Waals surface area contributed by atoms with Gasteiger partial charge in [-0.05, 0) is 31.0 Å². The molecule has 2 atom stereocenters. The summed E-state index contributed by atoms with van der Waals surface area (Å²) < 4.78 is 5.33. The van der Waals surface area contributed by atoms with E-state index < -0.39 is 0 Å². The van der Waals surface area contributed by atoms with E-state index in [1.165, 1.54) is 0 Å². The highest BCUT2D eigenvalue weighted by molar-refractivity contribution is 6.30. The van der Waals surface area contributed by atoms with Gasteiger partial charge in [-0.2, -0.15) is 0 Å². The Morgan fingerprint density at radius 3 is 3.00 bits per heavy atom. The fourth-order valence-corrected chi connectivity index (χ4v) is 2.44. The zero-order chi connectivity index (χ0) is 13.7. The molecule has 1 fully saturated rings. The molecule has 0 aromatic heterocycles. The molecule has 19 heavy (non-hydrogen) atoms. The molecule has 1 aromatic rings. The normalized spacial score (nSPS) is 22.2. The van der Waals surface area contributed by atoms with Crippen LogP contribution in [0.5, 0.6) is 5.75 Å². The Morgan fingerprint density at radius 1 is 1.47 bits per heavy atom. The standard InChI is InChI=1S/C14H18ClNO3/c15-11-4-2-5-12(7-11)19-9-14(18)16-8-10-3-1-6-13(10)17/h2,4-5,7,10,13,17H,1,3,6,8-9H2,(H,16,18). The molecular formula is C14H18ClNO3. The first-order chi connectivity index (χ1) is 9.15. The van der Waals surface area contributed by atoms with Gasteiger partial charge in [0.1, 0.15) is 5.75 Å². The van der Waals surface area contributed by atoms with Gasteiger partial charge in [-0.1, -0.05) is 24.1 Å². The summed E-state index contributed by atoms with van der Waals surface area (Å²) in [5.74, 6) is 0.567. The molecule has 1 aliphatic carbocycles. The summed E-state index contributed by atoms with van der Waals surface area (Å²) in [6, 6.07) is 6.93. The Labute approximate surface area is 117 Å². The lowest BCUT2D eigenvalue weighted by molar-refractivity contribution is -0.123. The second-order valence-electron chi connectivity index (χ2n) is 4.81. The van der Waals surface area contributed by atoms with Crippen LogP contribution in [-0.2, 0) is 4.79 Å². The summed E-state index contributed by atoms with van der Waals surface area (Å²) >= 11 is 5.82. The van der Waals surface area contributed by atoms with E-state index in [1.54, 1.807) is 24.3 Å². The Kier molecular flexibility index (Phi) is 5.05. The Hall–Kier alpha value is -1.26. The number of aliphatic hydroxyl groups is 1. The zero-order valence-corrected chi connectivity index (χ0v) is 11.4. The molecule has 0 heterocycles. The number of ether oxygens (including phenoxy) is 1. The SMILES string of the molecule is O=C(COc1cccc(Cl)c1)NCC1CCCC1O. The molecule has 1 aromatic carbocycles. The van der Waals surface area contributed by atoms with Gasteiger partial charge in [0.05, 0.1) is 6.10 Å². The van der Waals surface area contributed by atoms with Crippen molar-refractivity contribution in [1.29, 1.82) is 0 Å². The van der Waals surface area contributed by atoms with Gasteiger partial charge < -0.3 is 15.2 Å². The number of carbonyl (C=O) groups excluding carboxylic acids is 1. The van der Waals surface area contributed by atoms with Gasteiger partial charge in [-0.25, -0.2) is 0 Å². The van der Waals surface area contributed by atoms with Gasteiger partial charge >= 0.3 is 0 Å². The molecule has 4 nitrogen and oxygen atoms in total. The summed E-state index contributed by atoms with van der Waals surface area (Å²) in [4.78, 5) is 11.6. The monoisotopic (exact) mass is 283 g/mol. The van der Waals surface area contributed by atoms with Crippen LogP contribution in [0.4, 0.5) is 0 Å². The smallest absolute Gasteiger partial charge is 0.257 e. The minimum absolute atomic E-state index is 0.0385. The van der Waals surface area contributed by atoms with E-state index in [9.17, 15) is 9.90 Å². The molecule has 1 saturated carbocycles. The zero-order valence-electron chi connectivity index (χ0n) is 10.6. The summed E-state index contributed by atoms with van der Waals surface area (Å²) in [6.07, 6.45) is 2.55. The van der Waals surface area contributed by atoms with Gasteiger partial charge in [0.15, 0.2) is 6.61 Å². The van der Waals surface area contributed by atoms with Crippen molar-refractivity contribution in [2.45, 2.75) is 25.4 Å². The van der Waals surface area contributed by atoms with Crippen molar-refractivity contribution < 1.29 is 14.6 Å². The molecule has 1 amide bonds. The van der Waals surface area contributed by atoms with E-state index in [-0.39, 0.29) is 24.5 Å². The molecule has 104 valence electrons. The van der Waals surface area contributed by atoms with E-state index in [1.807, 2.05) is 0 Å². The Morgan fingerprint density at radius 2 is 2.32 bits per heavy atom. The molecule has 0 aliphatic heterocycles. The Balaban J connectivity index is 1.70. The number of carbonyl (C=O) groups is 1. The summed E-state index contributed by atoms with van der Waals surface area (Å²) in [5, 5.41) is 13.0. The molecule has 2 rings (SSSR count). The molecule has 0 saturated heterocycles. The number of nitrogens with one attached hydrogen (secondary N) is 1. The van der Waals surface area contributed by atoms with E-state index in [2.05, 4.69) is 5.32 Å². The minimum atomic E-state index is -0.283. The number of benzene rings is 1. The minimum Gasteiger partial charge on any atom is -0.484 e. The first-order valence-corrected chi connectivity index (χ1v) is 6.86. The third-order valence-corrected chi connectivity index (χ3v) is 3.58.